The highest BCUT2D eigenvalue weighted by Crippen LogP contribution is 2.36. The van der Waals surface area contributed by atoms with Crippen molar-refractivity contribution in [2.75, 3.05) is 23.4 Å². The molecule has 2 aliphatic heterocycles. The Hall–Kier alpha value is -3.03. The molecule has 0 radical (unpaired) electrons. The topological polar surface area (TPSA) is 119 Å². The van der Waals surface area contributed by atoms with E-state index in [0.717, 1.165) is 30.3 Å². The van der Waals surface area contributed by atoms with Crippen LogP contribution >= 0.6 is 24.0 Å². The maximum Gasteiger partial charge on any atom is 0.267 e. The van der Waals surface area contributed by atoms with Gasteiger partial charge < -0.3 is 9.88 Å². The highest BCUT2D eigenvalue weighted by Gasteiger charge is 2.42. The summed E-state index contributed by atoms with van der Waals surface area (Å²) >= 11 is 6.49. The first kappa shape index (κ1) is 24.7. The third-order valence-corrected chi connectivity index (χ3v) is 9.20. The summed E-state index contributed by atoms with van der Waals surface area (Å²) in [6, 6.07) is 3.18. The molecular formula is C23H24N6O4S3. The largest absolute Gasteiger partial charge is 0.369 e. The maximum atomic E-state index is 13.5. The first-order chi connectivity index (χ1) is 17.2. The lowest BCUT2D eigenvalue weighted by molar-refractivity contribution is -0.123. The molecule has 5 rings (SSSR count). The van der Waals surface area contributed by atoms with Crippen molar-refractivity contribution in [2.45, 2.75) is 32.4 Å². The number of pyridine rings is 1. The summed E-state index contributed by atoms with van der Waals surface area (Å²) in [5.74, 6) is -0.0679. The lowest BCUT2D eigenvalue weighted by atomic mass is 10.2. The molecule has 10 nitrogen and oxygen atoms in total. The predicted molar refractivity (Wildman–Crippen MR) is 144 cm³/mol. The Bertz CT molecular complexity index is 1550. The van der Waals surface area contributed by atoms with Gasteiger partial charge in [0.25, 0.3) is 11.5 Å². The zero-order valence-corrected chi connectivity index (χ0v) is 21.9. The molecule has 188 valence electrons. The summed E-state index contributed by atoms with van der Waals surface area (Å²) in [4.78, 5) is 37.1. The van der Waals surface area contributed by atoms with E-state index in [4.69, 9.17) is 12.2 Å². The van der Waals surface area contributed by atoms with Crippen molar-refractivity contribution in [1.29, 1.82) is 0 Å². The second kappa shape index (κ2) is 9.79. The molecule has 2 fully saturated rings. The molecule has 1 amide bonds. The fraction of sp³-hybridized carbons (Fsp3) is 0.348. The van der Waals surface area contributed by atoms with Crippen molar-refractivity contribution in [3.8, 4) is 0 Å². The van der Waals surface area contributed by atoms with Crippen LogP contribution in [0.25, 0.3) is 11.7 Å². The van der Waals surface area contributed by atoms with Crippen molar-refractivity contribution in [2.24, 2.45) is 0 Å². The van der Waals surface area contributed by atoms with Crippen LogP contribution in [0.3, 0.4) is 0 Å². The Kier molecular flexibility index (Phi) is 6.70. The van der Waals surface area contributed by atoms with Crippen LogP contribution in [-0.2, 0) is 21.2 Å². The smallest absolute Gasteiger partial charge is 0.267 e. The van der Waals surface area contributed by atoms with Crippen LogP contribution in [0.15, 0.2) is 46.8 Å². The fourth-order valence-corrected chi connectivity index (χ4v) is 7.40. The van der Waals surface area contributed by atoms with E-state index in [0.29, 0.717) is 28.8 Å². The third kappa shape index (κ3) is 4.95. The molecule has 13 heteroatoms. The first-order valence-corrected chi connectivity index (χ1v) is 14.5. The number of amides is 1. The number of anilines is 1. The molecule has 1 atom stereocenters. The number of aromatic nitrogens is 4. The highest BCUT2D eigenvalue weighted by atomic mass is 32.2. The highest BCUT2D eigenvalue weighted by molar-refractivity contribution is 8.26. The molecule has 3 aromatic rings. The van der Waals surface area contributed by atoms with Crippen LogP contribution in [-0.4, -0.2) is 66.6 Å². The molecule has 2 saturated heterocycles. The van der Waals surface area contributed by atoms with Crippen molar-refractivity contribution >= 4 is 61.6 Å². The van der Waals surface area contributed by atoms with Crippen LogP contribution in [0.5, 0.6) is 0 Å². The number of thioether (sulfide) groups is 1. The molecule has 0 aromatic carbocycles. The molecule has 5 heterocycles. The summed E-state index contributed by atoms with van der Waals surface area (Å²) in [5.41, 5.74) is 1.32. The summed E-state index contributed by atoms with van der Waals surface area (Å²) < 4.78 is 27.6. The molecule has 3 aromatic heterocycles. The number of hydrogen-bond donors (Lipinski definition) is 1. The lowest BCUT2D eigenvalue weighted by Crippen LogP contribution is -2.39. The summed E-state index contributed by atoms with van der Waals surface area (Å²) in [5, 5.41) is 3.25. The Labute approximate surface area is 217 Å². The van der Waals surface area contributed by atoms with E-state index in [1.54, 1.807) is 24.8 Å². The number of nitrogens with one attached hydrogen (secondary N) is 1. The number of nitrogens with zero attached hydrogens (tertiary/aromatic N) is 5. The minimum absolute atomic E-state index is 0.0379. The zero-order valence-electron chi connectivity index (χ0n) is 19.5. The van der Waals surface area contributed by atoms with Gasteiger partial charge in [-0.15, -0.1) is 0 Å². The van der Waals surface area contributed by atoms with Gasteiger partial charge in [-0.3, -0.25) is 18.9 Å². The Morgan fingerprint density at radius 1 is 1.31 bits per heavy atom. The lowest BCUT2D eigenvalue weighted by Gasteiger charge is -2.20. The van der Waals surface area contributed by atoms with Gasteiger partial charge in [-0.25, -0.2) is 18.4 Å². The third-order valence-electron chi connectivity index (χ3n) is 6.12. The number of sulfone groups is 1. The first-order valence-electron chi connectivity index (χ1n) is 11.4. The molecule has 0 aliphatic carbocycles. The van der Waals surface area contributed by atoms with Crippen LogP contribution < -0.4 is 10.9 Å². The van der Waals surface area contributed by atoms with Gasteiger partial charge in [0.05, 0.1) is 34.3 Å². The van der Waals surface area contributed by atoms with Crippen LogP contribution in [0.2, 0.25) is 0 Å². The Morgan fingerprint density at radius 3 is 2.86 bits per heavy atom. The quantitative estimate of drug-likeness (QED) is 0.271. The van der Waals surface area contributed by atoms with E-state index in [-0.39, 0.29) is 33.4 Å². The summed E-state index contributed by atoms with van der Waals surface area (Å²) in [7, 11) is -3.19. The zero-order chi connectivity index (χ0) is 25.4. The number of thiocarbonyl (C=S) groups is 1. The molecule has 1 N–H and O–H groups in total. The molecule has 0 unspecified atom stereocenters. The summed E-state index contributed by atoms with van der Waals surface area (Å²) in [6.07, 6.45) is 9.69. The molecule has 36 heavy (non-hydrogen) atoms. The molecular weight excluding hydrogens is 520 g/mol. The fourth-order valence-electron chi connectivity index (χ4n) is 4.32. The summed E-state index contributed by atoms with van der Waals surface area (Å²) in [6.45, 7) is 3.18. The number of fused-ring (bicyclic) bond motifs is 1. The number of aryl methyl sites for hydroxylation is 2. The van der Waals surface area contributed by atoms with Crippen LogP contribution in [0, 0.1) is 6.92 Å². The minimum atomic E-state index is -3.19. The van der Waals surface area contributed by atoms with Crippen molar-refractivity contribution in [1.82, 2.24) is 23.8 Å². The standard InChI is InChI=1S/C23H24N6O4S3/c1-15-3-4-19-26-20(25-6-2-8-27-9-7-24-14-27)17(21(30)28(19)12-15)11-18-22(31)29(23(34)35-18)16-5-10-36(32,33)13-16/h3-4,7,9,11-12,14,16,25H,2,5-6,8,10,13H2,1H3/b18-11-/t16-/m1/s1. The monoisotopic (exact) mass is 544 g/mol. The Morgan fingerprint density at radius 2 is 2.14 bits per heavy atom. The van der Waals surface area contributed by atoms with Crippen molar-refractivity contribution in [3.63, 3.8) is 0 Å². The van der Waals surface area contributed by atoms with E-state index in [1.807, 2.05) is 23.8 Å². The molecule has 2 aliphatic rings. The van der Waals surface area contributed by atoms with Crippen LogP contribution in [0.4, 0.5) is 5.82 Å². The molecule has 0 saturated carbocycles. The second-order valence-electron chi connectivity index (χ2n) is 8.80. The average molecular weight is 545 g/mol. The maximum absolute atomic E-state index is 13.5. The second-order valence-corrected chi connectivity index (χ2v) is 12.7. The van der Waals surface area contributed by atoms with Gasteiger partial charge in [0.15, 0.2) is 9.84 Å². The number of hydrogen-bond acceptors (Lipinski definition) is 9. The van der Waals surface area contributed by atoms with Gasteiger partial charge in [-0.1, -0.05) is 30.0 Å². The SMILES string of the molecule is Cc1ccc2nc(NCCCn3ccnc3)c(/C=C3\SC(=S)N([C@@H]4CCS(=O)(=O)C4)C3=O)c(=O)n2c1. The Balaban J connectivity index is 1.47. The van der Waals surface area contributed by atoms with Gasteiger partial charge in [0.2, 0.25) is 0 Å². The van der Waals surface area contributed by atoms with E-state index in [2.05, 4.69) is 15.3 Å². The van der Waals surface area contributed by atoms with Gasteiger partial charge >= 0.3 is 0 Å². The van der Waals surface area contributed by atoms with Gasteiger partial charge in [0.1, 0.15) is 15.8 Å². The number of carbonyl (C=O) groups is 1. The predicted octanol–water partition coefficient (Wildman–Crippen LogP) is 2.09. The number of imidazole rings is 1. The van der Waals surface area contributed by atoms with Crippen molar-refractivity contribution < 1.29 is 13.2 Å². The van der Waals surface area contributed by atoms with Gasteiger partial charge in [-0.2, -0.15) is 0 Å². The number of rotatable bonds is 7. The number of carbonyl (C=O) groups excluding carboxylic acids is 1. The van der Waals surface area contributed by atoms with E-state index in [9.17, 15) is 18.0 Å². The van der Waals surface area contributed by atoms with E-state index >= 15 is 0 Å². The van der Waals surface area contributed by atoms with Gasteiger partial charge in [-0.05, 0) is 37.5 Å². The average Bonchev–Trinajstić information content (AvgIpc) is 3.54. The normalized spacial score (nSPS) is 20.6. The minimum Gasteiger partial charge on any atom is -0.369 e. The van der Waals surface area contributed by atoms with E-state index in [1.165, 1.54) is 15.4 Å². The molecule has 0 bridgehead atoms. The van der Waals surface area contributed by atoms with Crippen molar-refractivity contribution in [3.05, 3.63) is 63.4 Å². The van der Waals surface area contributed by atoms with E-state index < -0.39 is 15.9 Å². The van der Waals surface area contributed by atoms with Gasteiger partial charge in [0, 0.05) is 31.7 Å². The molecule has 0 spiro atoms. The van der Waals surface area contributed by atoms with Crippen LogP contribution in [0.1, 0.15) is 24.0 Å².